The molecule has 1 rings (SSSR count). The highest BCUT2D eigenvalue weighted by molar-refractivity contribution is 6.08. The van der Waals surface area contributed by atoms with Gasteiger partial charge in [0.2, 0.25) is 0 Å². The van der Waals surface area contributed by atoms with Crippen LogP contribution in [0.1, 0.15) is 18.9 Å². The molecule has 0 bridgehead atoms. The molecule has 92 valence electrons. The average Bonchev–Trinajstić information content (AvgIpc) is 2.37. The molecule has 0 fully saturated rings. The van der Waals surface area contributed by atoms with Crippen LogP contribution in [0.25, 0.3) is 0 Å². The van der Waals surface area contributed by atoms with Gasteiger partial charge in [-0.05, 0) is 5.56 Å². The summed E-state index contributed by atoms with van der Waals surface area (Å²) in [4.78, 5) is 23.5. The van der Waals surface area contributed by atoms with Gasteiger partial charge < -0.3 is 10.5 Å². The molecule has 4 heteroatoms. The number of esters is 1. The Morgan fingerprint density at radius 3 is 2.35 bits per heavy atom. The van der Waals surface area contributed by atoms with Gasteiger partial charge in [0, 0.05) is 12.8 Å². The Kier molecular flexibility index (Phi) is 4.40. The number of methoxy groups -OCH3 is 1. The molecule has 2 N–H and O–H groups in total. The fraction of sp³-hybridized carbons (Fsp3) is 0.385. The molecular formula is C13H17NO3. The molecule has 0 aliphatic heterocycles. The van der Waals surface area contributed by atoms with Gasteiger partial charge in [-0.15, -0.1) is 0 Å². The maximum absolute atomic E-state index is 11.8. The van der Waals surface area contributed by atoms with Gasteiger partial charge >= 0.3 is 5.97 Å². The lowest BCUT2D eigenvalue weighted by atomic mass is 9.86. The first kappa shape index (κ1) is 13.4. The summed E-state index contributed by atoms with van der Waals surface area (Å²) in [6.07, 6.45) is 0.367. The number of ether oxygens (including phenoxy) is 1. The molecule has 1 atom stereocenters. The monoisotopic (exact) mass is 235 g/mol. The van der Waals surface area contributed by atoms with Gasteiger partial charge in [0.1, 0.15) is 0 Å². The van der Waals surface area contributed by atoms with Crippen molar-refractivity contribution < 1.29 is 14.3 Å². The van der Waals surface area contributed by atoms with E-state index in [4.69, 9.17) is 5.73 Å². The Hall–Kier alpha value is -1.68. The largest absolute Gasteiger partial charge is 0.467 e. The number of carbonyl (C=O) groups excluding carboxylic acids is 2. The Morgan fingerprint density at radius 1 is 1.29 bits per heavy atom. The van der Waals surface area contributed by atoms with Crippen LogP contribution >= 0.6 is 0 Å². The van der Waals surface area contributed by atoms with Crippen LogP contribution in [0.15, 0.2) is 30.3 Å². The Balaban J connectivity index is 3.00. The summed E-state index contributed by atoms with van der Waals surface area (Å²) in [5.41, 5.74) is 5.17. The molecule has 0 saturated heterocycles. The Morgan fingerprint density at radius 2 is 1.88 bits per heavy atom. The smallest absolute Gasteiger partial charge is 0.333 e. The number of ketones is 1. The van der Waals surface area contributed by atoms with Crippen LogP contribution in [0, 0.1) is 0 Å². The fourth-order valence-electron chi connectivity index (χ4n) is 1.70. The van der Waals surface area contributed by atoms with Crippen LogP contribution < -0.4 is 5.73 Å². The van der Waals surface area contributed by atoms with Crippen molar-refractivity contribution in [2.24, 2.45) is 5.73 Å². The van der Waals surface area contributed by atoms with Crippen molar-refractivity contribution in [2.45, 2.75) is 25.3 Å². The van der Waals surface area contributed by atoms with Crippen molar-refractivity contribution in [3.63, 3.8) is 0 Å². The molecule has 4 nitrogen and oxygen atoms in total. The lowest BCUT2D eigenvalue weighted by Crippen LogP contribution is -2.57. The zero-order valence-electron chi connectivity index (χ0n) is 10.1. The molecule has 0 aliphatic carbocycles. The standard InChI is InChI=1S/C13H17NO3/c1-3-11(15)13(14,12(16)17-2)9-10-7-5-4-6-8-10/h4-8H,3,9,14H2,1-2H3. The third-order valence-electron chi connectivity index (χ3n) is 2.69. The zero-order chi connectivity index (χ0) is 12.9. The quantitative estimate of drug-likeness (QED) is 0.612. The second-order valence-corrected chi connectivity index (χ2v) is 3.90. The summed E-state index contributed by atoms with van der Waals surface area (Å²) in [6, 6.07) is 9.19. The topological polar surface area (TPSA) is 69.4 Å². The van der Waals surface area contributed by atoms with Gasteiger partial charge in [-0.1, -0.05) is 37.3 Å². The number of carbonyl (C=O) groups is 2. The number of nitrogens with two attached hydrogens (primary N) is 1. The maximum atomic E-state index is 11.8. The minimum absolute atomic E-state index is 0.160. The molecule has 1 aromatic rings. The highest BCUT2D eigenvalue weighted by Crippen LogP contribution is 2.15. The zero-order valence-corrected chi connectivity index (χ0v) is 10.1. The number of benzene rings is 1. The van der Waals surface area contributed by atoms with Gasteiger partial charge in [0.15, 0.2) is 11.3 Å². The number of Topliss-reactive ketones (excluding diaryl/α,β-unsaturated/α-hetero) is 1. The second kappa shape index (κ2) is 5.59. The minimum atomic E-state index is -1.58. The second-order valence-electron chi connectivity index (χ2n) is 3.90. The molecule has 1 aromatic carbocycles. The molecule has 17 heavy (non-hydrogen) atoms. The van der Waals surface area contributed by atoms with E-state index in [-0.39, 0.29) is 18.6 Å². The number of rotatable bonds is 5. The predicted octanol–water partition coefficient (Wildman–Crippen LogP) is 1.08. The molecule has 0 radical (unpaired) electrons. The van der Waals surface area contributed by atoms with E-state index in [0.717, 1.165) is 5.56 Å². The van der Waals surface area contributed by atoms with Crippen LogP contribution in [0.2, 0.25) is 0 Å². The van der Waals surface area contributed by atoms with E-state index in [9.17, 15) is 9.59 Å². The third-order valence-corrected chi connectivity index (χ3v) is 2.69. The SMILES string of the molecule is CCC(=O)C(N)(Cc1ccccc1)C(=O)OC. The van der Waals surface area contributed by atoms with E-state index >= 15 is 0 Å². The van der Waals surface area contributed by atoms with Crippen molar-refractivity contribution in [2.75, 3.05) is 7.11 Å². The first-order chi connectivity index (χ1) is 8.04. The molecule has 1 unspecified atom stereocenters. The number of hydrogen-bond acceptors (Lipinski definition) is 4. The van der Waals surface area contributed by atoms with E-state index < -0.39 is 11.5 Å². The van der Waals surface area contributed by atoms with Crippen molar-refractivity contribution in [1.82, 2.24) is 0 Å². The molecule has 0 amide bonds. The van der Waals surface area contributed by atoms with Gasteiger partial charge in [-0.2, -0.15) is 0 Å². The van der Waals surface area contributed by atoms with E-state index in [1.165, 1.54) is 7.11 Å². The summed E-state index contributed by atoms with van der Waals surface area (Å²) in [5.74, 6) is -0.999. The Labute approximate surface area is 101 Å². The van der Waals surface area contributed by atoms with Crippen molar-refractivity contribution in [3.05, 3.63) is 35.9 Å². The normalized spacial score (nSPS) is 13.8. The van der Waals surface area contributed by atoms with Crippen LogP contribution in [0.3, 0.4) is 0 Å². The van der Waals surface area contributed by atoms with Crippen LogP contribution in [0.4, 0.5) is 0 Å². The lowest BCUT2D eigenvalue weighted by Gasteiger charge is -2.24. The van der Waals surface area contributed by atoms with Gasteiger partial charge in [-0.3, -0.25) is 4.79 Å². The highest BCUT2D eigenvalue weighted by atomic mass is 16.5. The molecule has 0 aromatic heterocycles. The summed E-state index contributed by atoms with van der Waals surface area (Å²) in [5, 5.41) is 0. The Bertz CT molecular complexity index is 384. The van der Waals surface area contributed by atoms with Crippen LogP contribution in [-0.4, -0.2) is 24.4 Å². The third kappa shape index (κ3) is 2.91. The summed E-state index contributed by atoms with van der Waals surface area (Å²) in [6.45, 7) is 1.68. The van der Waals surface area contributed by atoms with E-state index in [0.29, 0.717) is 0 Å². The van der Waals surface area contributed by atoms with Crippen LogP contribution in [-0.2, 0) is 20.7 Å². The minimum Gasteiger partial charge on any atom is -0.467 e. The molecule has 0 aliphatic rings. The number of hydrogen-bond donors (Lipinski definition) is 1. The van der Waals surface area contributed by atoms with Crippen LogP contribution in [0.5, 0.6) is 0 Å². The van der Waals surface area contributed by atoms with Gasteiger partial charge in [0.05, 0.1) is 7.11 Å². The van der Waals surface area contributed by atoms with E-state index in [1.807, 2.05) is 30.3 Å². The van der Waals surface area contributed by atoms with Crippen molar-refractivity contribution in [3.8, 4) is 0 Å². The summed E-state index contributed by atoms with van der Waals surface area (Å²) < 4.78 is 4.63. The van der Waals surface area contributed by atoms with E-state index in [2.05, 4.69) is 4.74 Å². The first-order valence-corrected chi connectivity index (χ1v) is 5.49. The molecule has 0 heterocycles. The highest BCUT2D eigenvalue weighted by Gasteiger charge is 2.41. The van der Waals surface area contributed by atoms with Crippen molar-refractivity contribution >= 4 is 11.8 Å². The van der Waals surface area contributed by atoms with E-state index in [1.54, 1.807) is 6.92 Å². The first-order valence-electron chi connectivity index (χ1n) is 5.49. The molecule has 0 spiro atoms. The average molecular weight is 235 g/mol. The van der Waals surface area contributed by atoms with Crippen molar-refractivity contribution in [1.29, 1.82) is 0 Å². The molecule has 0 saturated carbocycles. The predicted molar refractivity (Wildman–Crippen MR) is 64.4 cm³/mol. The molecular weight excluding hydrogens is 218 g/mol. The maximum Gasteiger partial charge on any atom is 0.333 e. The van der Waals surface area contributed by atoms with Gasteiger partial charge in [-0.25, -0.2) is 4.79 Å². The van der Waals surface area contributed by atoms with Gasteiger partial charge in [0.25, 0.3) is 0 Å². The summed E-state index contributed by atoms with van der Waals surface area (Å²) >= 11 is 0. The fourth-order valence-corrected chi connectivity index (χ4v) is 1.70. The lowest BCUT2D eigenvalue weighted by molar-refractivity contribution is -0.151. The summed E-state index contributed by atoms with van der Waals surface area (Å²) in [7, 11) is 1.23.